The highest BCUT2D eigenvalue weighted by molar-refractivity contribution is 5.99. The number of carbonyl (C=O) groups is 2. The number of primary amides is 1. The summed E-state index contributed by atoms with van der Waals surface area (Å²) < 4.78 is 33.0. The Hall–Kier alpha value is -3.81. The second-order valence-electron chi connectivity index (χ2n) is 6.87. The first-order valence-corrected chi connectivity index (χ1v) is 9.45. The third-order valence-electron chi connectivity index (χ3n) is 4.88. The third kappa shape index (κ3) is 4.69. The van der Waals surface area contributed by atoms with Gasteiger partial charge in [-0.05, 0) is 42.3 Å². The Kier molecular flexibility index (Phi) is 6.59. The number of hydrogen-bond acceptors (Lipinski definition) is 4. The van der Waals surface area contributed by atoms with Crippen LogP contribution in [0, 0.1) is 11.6 Å². The van der Waals surface area contributed by atoms with Gasteiger partial charge in [0.25, 0.3) is 5.91 Å². The third-order valence-corrected chi connectivity index (χ3v) is 4.88. The summed E-state index contributed by atoms with van der Waals surface area (Å²) in [5, 5.41) is 0. The van der Waals surface area contributed by atoms with Crippen LogP contribution in [-0.4, -0.2) is 28.8 Å². The molecule has 0 saturated heterocycles. The van der Waals surface area contributed by atoms with Crippen molar-refractivity contribution in [1.29, 1.82) is 0 Å². The Bertz CT molecular complexity index is 1070. The van der Waals surface area contributed by atoms with E-state index in [-0.39, 0.29) is 17.0 Å². The maximum absolute atomic E-state index is 13.9. The SMILES string of the molecule is COc1ncccc1C(=O)N([C@H](C)c1cc(F)cc(F)c1)[C@@H](C(N)=O)c1ccccc1. The number of rotatable bonds is 7. The zero-order valence-corrected chi connectivity index (χ0v) is 17.0. The quantitative estimate of drug-likeness (QED) is 0.624. The van der Waals surface area contributed by atoms with E-state index in [0.717, 1.165) is 18.2 Å². The maximum Gasteiger partial charge on any atom is 0.260 e. The van der Waals surface area contributed by atoms with Crippen molar-refractivity contribution in [2.75, 3.05) is 7.11 Å². The predicted octanol–water partition coefficient (Wildman–Crippen LogP) is 3.80. The summed E-state index contributed by atoms with van der Waals surface area (Å²) in [4.78, 5) is 31.4. The van der Waals surface area contributed by atoms with Crippen LogP contribution in [0.4, 0.5) is 8.78 Å². The molecule has 0 radical (unpaired) electrons. The lowest BCUT2D eigenvalue weighted by Crippen LogP contribution is -2.43. The summed E-state index contributed by atoms with van der Waals surface area (Å²) in [6.45, 7) is 1.56. The number of nitrogens with zero attached hydrogens (tertiary/aromatic N) is 2. The summed E-state index contributed by atoms with van der Waals surface area (Å²) in [7, 11) is 1.36. The van der Waals surface area contributed by atoms with Crippen LogP contribution in [0.5, 0.6) is 5.88 Å². The molecule has 0 aliphatic heterocycles. The molecule has 0 spiro atoms. The highest BCUT2D eigenvalue weighted by Gasteiger charge is 2.36. The molecule has 8 heteroatoms. The van der Waals surface area contributed by atoms with Crippen LogP contribution in [0.25, 0.3) is 0 Å². The van der Waals surface area contributed by atoms with Gasteiger partial charge in [-0.25, -0.2) is 13.8 Å². The first-order chi connectivity index (χ1) is 14.8. The zero-order chi connectivity index (χ0) is 22.5. The average molecular weight is 425 g/mol. The van der Waals surface area contributed by atoms with Crippen molar-refractivity contribution in [2.24, 2.45) is 5.73 Å². The fraction of sp³-hybridized carbons (Fsp3) is 0.174. The Morgan fingerprint density at radius 2 is 1.65 bits per heavy atom. The van der Waals surface area contributed by atoms with Crippen molar-refractivity contribution in [3.63, 3.8) is 0 Å². The van der Waals surface area contributed by atoms with Crippen LogP contribution in [-0.2, 0) is 4.79 Å². The Balaban J connectivity index is 2.19. The van der Waals surface area contributed by atoms with Crippen molar-refractivity contribution in [3.05, 3.63) is 95.2 Å². The number of ether oxygens (including phenoxy) is 1. The van der Waals surface area contributed by atoms with E-state index < -0.39 is 35.5 Å². The van der Waals surface area contributed by atoms with E-state index >= 15 is 0 Å². The van der Waals surface area contributed by atoms with Crippen LogP contribution in [0.1, 0.15) is 40.5 Å². The Morgan fingerprint density at radius 3 is 2.23 bits per heavy atom. The Labute approximate surface area is 178 Å². The molecule has 3 aromatic rings. The van der Waals surface area contributed by atoms with Crippen LogP contribution in [0.3, 0.4) is 0 Å². The van der Waals surface area contributed by atoms with Gasteiger partial charge in [0.1, 0.15) is 23.2 Å². The normalized spacial score (nSPS) is 12.6. The second-order valence-corrected chi connectivity index (χ2v) is 6.87. The average Bonchev–Trinajstić information content (AvgIpc) is 2.76. The molecule has 1 heterocycles. The smallest absolute Gasteiger partial charge is 0.260 e. The molecule has 2 atom stereocenters. The molecule has 0 aliphatic rings. The number of aromatic nitrogens is 1. The number of nitrogens with two attached hydrogens (primary N) is 1. The number of amides is 2. The minimum absolute atomic E-state index is 0.0476. The molecular formula is C23H21F2N3O3. The minimum atomic E-state index is -1.21. The van der Waals surface area contributed by atoms with Gasteiger partial charge in [0, 0.05) is 12.3 Å². The molecule has 31 heavy (non-hydrogen) atoms. The number of pyridine rings is 1. The van der Waals surface area contributed by atoms with E-state index in [1.807, 2.05) is 0 Å². The molecule has 3 rings (SSSR count). The van der Waals surface area contributed by atoms with Crippen LogP contribution >= 0.6 is 0 Å². The standard InChI is InChI=1S/C23H21F2N3O3/c1-14(16-11-17(24)13-18(25)12-16)28(20(21(26)29)15-7-4-3-5-8-15)23(30)19-9-6-10-27-22(19)31-2/h3-14,20H,1-2H3,(H2,26,29)/t14-,20-/m1/s1. The summed E-state index contributed by atoms with van der Waals surface area (Å²) in [5.74, 6) is -2.99. The van der Waals surface area contributed by atoms with E-state index in [2.05, 4.69) is 4.98 Å². The van der Waals surface area contributed by atoms with Gasteiger partial charge in [-0.2, -0.15) is 0 Å². The van der Waals surface area contributed by atoms with E-state index in [1.54, 1.807) is 43.3 Å². The van der Waals surface area contributed by atoms with Gasteiger partial charge in [0.2, 0.25) is 11.8 Å². The number of hydrogen-bond donors (Lipinski definition) is 1. The van der Waals surface area contributed by atoms with E-state index in [4.69, 9.17) is 10.5 Å². The molecule has 160 valence electrons. The van der Waals surface area contributed by atoms with Crippen molar-refractivity contribution in [1.82, 2.24) is 9.88 Å². The molecule has 0 unspecified atom stereocenters. The van der Waals surface area contributed by atoms with Gasteiger partial charge in [-0.3, -0.25) is 9.59 Å². The van der Waals surface area contributed by atoms with Gasteiger partial charge in [0.05, 0.1) is 13.2 Å². The zero-order valence-electron chi connectivity index (χ0n) is 17.0. The minimum Gasteiger partial charge on any atom is -0.480 e. The van der Waals surface area contributed by atoms with Gasteiger partial charge >= 0.3 is 0 Å². The molecule has 0 bridgehead atoms. The molecule has 2 N–H and O–H groups in total. The molecular weight excluding hydrogens is 404 g/mol. The van der Waals surface area contributed by atoms with Crippen molar-refractivity contribution >= 4 is 11.8 Å². The number of carbonyl (C=O) groups excluding carboxylic acids is 2. The molecule has 1 aromatic heterocycles. The van der Waals surface area contributed by atoms with Gasteiger partial charge in [-0.1, -0.05) is 30.3 Å². The lowest BCUT2D eigenvalue weighted by atomic mass is 9.98. The van der Waals surface area contributed by atoms with Crippen LogP contribution in [0.15, 0.2) is 66.9 Å². The second kappa shape index (κ2) is 9.34. The molecule has 0 aliphatic carbocycles. The van der Waals surface area contributed by atoms with Crippen molar-refractivity contribution < 1.29 is 23.1 Å². The van der Waals surface area contributed by atoms with Crippen LogP contribution < -0.4 is 10.5 Å². The monoisotopic (exact) mass is 425 g/mol. The number of halogens is 2. The highest BCUT2D eigenvalue weighted by Crippen LogP contribution is 2.34. The summed E-state index contributed by atoms with van der Waals surface area (Å²) in [6, 6.07) is 12.3. The first kappa shape index (κ1) is 21.9. The van der Waals surface area contributed by atoms with E-state index in [0.29, 0.717) is 5.56 Å². The maximum atomic E-state index is 13.9. The molecule has 2 amide bonds. The molecule has 0 saturated carbocycles. The van der Waals surface area contributed by atoms with Gasteiger partial charge in [0.15, 0.2) is 0 Å². The summed E-state index contributed by atoms with van der Waals surface area (Å²) >= 11 is 0. The summed E-state index contributed by atoms with van der Waals surface area (Å²) in [5.41, 5.74) is 6.40. The predicted molar refractivity (Wildman–Crippen MR) is 110 cm³/mol. The molecule has 2 aromatic carbocycles. The van der Waals surface area contributed by atoms with Crippen LogP contribution in [0.2, 0.25) is 0 Å². The van der Waals surface area contributed by atoms with Crippen molar-refractivity contribution in [3.8, 4) is 5.88 Å². The highest BCUT2D eigenvalue weighted by atomic mass is 19.1. The van der Waals surface area contributed by atoms with E-state index in [9.17, 15) is 18.4 Å². The fourth-order valence-corrected chi connectivity index (χ4v) is 3.45. The van der Waals surface area contributed by atoms with Gasteiger partial charge < -0.3 is 15.4 Å². The number of benzene rings is 2. The summed E-state index contributed by atoms with van der Waals surface area (Å²) in [6.07, 6.45) is 1.45. The largest absolute Gasteiger partial charge is 0.480 e. The van der Waals surface area contributed by atoms with Crippen molar-refractivity contribution in [2.45, 2.75) is 19.0 Å². The topological polar surface area (TPSA) is 85.5 Å². The van der Waals surface area contributed by atoms with E-state index in [1.165, 1.54) is 24.3 Å². The molecule has 0 fully saturated rings. The lowest BCUT2D eigenvalue weighted by molar-refractivity contribution is -0.123. The fourth-order valence-electron chi connectivity index (χ4n) is 3.45. The lowest BCUT2D eigenvalue weighted by Gasteiger charge is -2.35. The van der Waals surface area contributed by atoms with Gasteiger partial charge in [-0.15, -0.1) is 0 Å². The number of methoxy groups -OCH3 is 1. The Morgan fingerprint density at radius 1 is 1.00 bits per heavy atom. The first-order valence-electron chi connectivity index (χ1n) is 9.45. The molecule has 6 nitrogen and oxygen atoms in total.